The Morgan fingerprint density at radius 2 is 1.72 bits per heavy atom. The van der Waals surface area contributed by atoms with Crippen LogP contribution < -0.4 is 0 Å². The number of carbonyl (C=O) groups is 2. The van der Waals surface area contributed by atoms with Crippen LogP contribution in [0.4, 0.5) is 4.39 Å². The molecule has 1 heterocycles. The number of halogens is 1. The number of nitrogens with zero attached hydrogens (tertiary/aromatic N) is 2. The molecule has 2 aromatic carbocycles. The van der Waals surface area contributed by atoms with E-state index in [4.69, 9.17) is 0 Å². The predicted molar refractivity (Wildman–Crippen MR) is 113 cm³/mol. The highest BCUT2D eigenvalue weighted by molar-refractivity contribution is 5.92. The predicted octanol–water partition coefficient (Wildman–Crippen LogP) is 4.28. The van der Waals surface area contributed by atoms with E-state index in [0.717, 1.165) is 24.0 Å². The topological polar surface area (TPSA) is 40.6 Å². The fourth-order valence-electron chi connectivity index (χ4n) is 4.42. The fourth-order valence-corrected chi connectivity index (χ4v) is 4.42. The number of carbonyl (C=O) groups excluding carboxylic acids is 2. The first kappa shape index (κ1) is 21.0. The molecule has 0 aliphatic carbocycles. The third kappa shape index (κ3) is 4.04. The zero-order valence-electron chi connectivity index (χ0n) is 17.5. The highest BCUT2D eigenvalue weighted by atomic mass is 19.1. The molecule has 1 unspecified atom stereocenters. The molecule has 29 heavy (non-hydrogen) atoms. The third-order valence-corrected chi connectivity index (χ3v) is 5.72. The van der Waals surface area contributed by atoms with Gasteiger partial charge in [0.1, 0.15) is 11.4 Å². The summed E-state index contributed by atoms with van der Waals surface area (Å²) in [5.74, 6) is -0.343. The van der Waals surface area contributed by atoms with Gasteiger partial charge in [-0.05, 0) is 36.5 Å². The Labute approximate surface area is 172 Å². The Morgan fingerprint density at radius 1 is 1.07 bits per heavy atom. The first-order valence-corrected chi connectivity index (χ1v) is 10.3. The van der Waals surface area contributed by atoms with Crippen molar-refractivity contribution in [3.8, 4) is 11.1 Å². The van der Waals surface area contributed by atoms with Gasteiger partial charge in [0, 0.05) is 39.0 Å². The van der Waals surface area contributed by atoms with Crippen LogP contribution in [0.1, 0.15) is 38.2 Å². The van der Waals surface area contributed by atoms with Gasteiger partial charge in [-0.3, -0.25) is 9.59 Å². The van der Waals surface area contributed by atoms with Crippen molar-refractivity contribution < 1.29 is 14.0 Å². The van der Waals surface area contributed by atoms with Gasteiger partial charge in [0.05, 0.1) is 0 Å². The quantitative estimate of drug-likeness (QED) is 0.731. The van der Waals surface area contributed by atoms with Crippen molar-refractivity contribution in [2.45, 2.75) is 44.6 Å². The Bertz CT molecular complexity index is 896. The molecule has 1 fully saturated rings. The molecular weight excluding hydrogens is 367 g/mol. The number of hydrogen-bond acceptors (Lipinski definition) is 2. The van der Waals surface area contributed by atoms with Gasteiger partial charge in [0.25, 0.3) is 0 Å². The van der Waals surface area contributed by atoms with E-state index < -0.39 is 5.54 Å². The van der Waals surface area contributed by atoms with Gasteiger partial charge < -0.3 is 9.80 Å². The van der Waals surface area contributed by atoms with Crippen molar-refractivity contribution >= 4 is 11.8 Å². The minimum Gasteiger partial charge on any atom is -0.347 e. The van der Waals surface area contributed by atoms with E-state index in [1.807, 2.05) is 37.3 Å². The normalized spacial score (nSPS) is 18.7. The zero-order chi connectivity index (χ0) is 21.0. The van der Waals surface area contributed by atoms with Crippen LogP contribution in [0.15, 0.2) is 48.5 Å². The number of likely N-dealkylation sites (tertiary alicyclic amines) is 1. The van der Waals surface area contributed by atoms with Crippen molar-refractivity contribution in [2.24, 2.45) is 0 Å². The lowest BCUT2D eigenvalue weighted by Gasteiger charge is -2.39. The lowest BCUT2D eigenvalue weighted by molar-refractivity contribution is -0.149. The van der Waals surface area contributed by atoms with Crippen LogP contribution in [0, 0.1) is 5.82 Å². The molecule has 3 rings (SSSR count). The molecule has 0 saturated carbocycles. The molecule has 0 aromatic heterocycles. The van der Waals surface area contributed by atoms with Gasteiger partial charge in [-0.25, -0.2) is 4.39 Å². The minimum absolute atomic E-state index is 0.0172. The van der Waals surface area contributed by atoms with Crippen LogP contribution in [0.5, 0.6) is 0 Å². The van der Waals surface area contributed by atoms with Gasteiger partial charge in [0.2, 0.25) is 11.8 Å². The van der Waals surface area contributed by atoms with Crippen molar-refractivity contribution in [3.05, 3.63) is 59.9 Å². The first-order valence-electron chi connectivity index (χ1n) is 10.3. The molecule has 0 bridgehead atoms. The summed E-state index contributed by atoms with van der Waals surface area (Å²) < 4.78 is 14.5. The van der Waals surface area contributed by atoms with Crippen molar-refractivity contribution in [1.29, 1.82) is 0 Å². The van der Waals surface area contributed by atoms with E-state index in [-0.39, 0.29) is 17.6 Å². The number of likely N-dealkylation sites (N-methyl/N-ethyl adjacent to an activating group) is 1. The van der Waals surface area contributed by atoms with Gasteiger partial charge in [-0.2, -0.15) is 0 Å². The molecule has 1 atom stereocenters. The average molecular weight is 397 g/mol. The van der Waals surface area contributed by atoms with Crippen molar-refractivity contribution in [2.75, 3.05) is 20.6 Å². The Hall–Kier alpha value is -2.69. The molecule has 1 saturated heterocycles. The standard InChI is InChI=1S/C24H29FN2O2/c1-4-10-22(28)27-16-9-15-24(27,23(29)26(2)3)17-18-11-5-6-12-19(18)20-13-7-8-14-21(20)25/h5-8,11-14H,4,9-10,15-17H2,1-3H3. The Morgan fingerprint density at radius 3 is 2.38 bits per heavy atom. The van der Waals surface area contributed by atoms with Gasteiger partial charge >= 0.3 is 0 Å². The van der Waals surface area contributed by atoms with Crippen LogP contribution >= 0.6 is 0 Å². The number of hydrogen-bond donors (Lipinski definition) is 0. The maximum absolute atomic E-state index is 14.5. The summed E-state index contributed by atoms with van der Waals surface area (Å²) in [7, 11) is 3.46. The third-order valence-electron chi connectivity index (χ3n) is 5.72. The maximum Gasteiger partial charge on any atom is 0.248 e. The summed E-state index contributed by atoms with van der Waals surface area (Å²) >= 11 is 0. The van der Waals surface area contributed by atoms with E-state index in [9.17, 15) is 14.0 Å². The molecule has 1 aliphatic rings. The van der Waals surface area contributed by atoms with Crippen molar-refractivity contribution in [3.63, 3.8) is 0 Å². The molecule has 4 nitrogen and oxygen atoms in total. The largest absolute Gasteiger partial charge is 0.347 e. The minimum atomic E-state index is -0.920. The van der Waals surface area contributed by atoms with Gasteiger partial charge in [-0.15, -0.1) is 0 Å². The van der Waals surface area contributed by atoms with E-state index in [1.54, 1.807) is 36.0 Å². The molecule has 154 valence electrons. The van der Waals surface area contributed by atoms with E-state index in [1.165, 1.54) is 6.07 Å². The molecule has 5 heteroatoms. The number of rotatable bonds is 6. The van der Waals surface area contributed by atoms with Gasteiger partial charge in [0.15, 0.2) is 0 Å². The molecule has 0 N–H and O–H groups in total. The first-order chi connectivity index (χ1) is 13.9. The molecule has 0 radical (unpaired) electrons. The Balaban J connectivity index is 2.08. The molecular formula is C24H29FN2O2. The maximum atomic E-state index is 14.5. The van der Waals surface area contributed by atoms with Crippen molar-refractivity contribution in [1.82, 2.24) is 9.80 Å². The highest BCUT2D eigenvalue weighted by Gasteiger charge is 2.50. The fraction of sp³-hybridized carbons (Fsp3) is 0.417. The average Bonchev–Trinajstić information content (AvgIpc) is 3.13. The molecule has 2 amide bonds. The van der Waals surface area contributed by atoms with Crippen LogP contribution in [0.2, 0.25) is 0 Å². The van der Waals surface area contributed by atoms with Crippen LogP contribution in [0.3, 0.4) is 0 Å². The Kier molecular flexibility index (Phi) is 6.36. The van der Waals surface area contributed by atoms with Crippen LogP contribution in [-0.2, 0) is 16.0 Å². The smallest absolute Gasteiger partial charge is 0.248 e. The van der Waals surface area contributed by atoms with E-state index in [0.29, 0.717) is 31.4 Å². The second-order valence-corrected chi connectivity index (χ2v) is 7.94. The zero-order valence-corrected chi connectivity index (χ0v) is 17.5. The SMILES string of the molecule is CCCC(=O)N1CCCC1(Cc1ccccc1-c1ccccc1F)C(=O)N(C)C. The lowest BCUT2D eigenvalue weighted by Crippen LogP contribution is -2.58. The summed E-state index contributed by atoms with van der Waals surface area (Å²) in [4.78, 5) is 29.6. The van der Waals surface area contributed by atoms with E-state index in [2.05, 4.69) is 0 Å². The second-order valence-electron chi connectivity index (χ2n) is 7.94. The summed E-state index contributed by atoms with van der Waals surface area (Å²) in [5.41, 5.74) is 1.24. The van der Waals surface area contributed by atoms with E-state index >= 15 is 0 Å². The molecule has 2 aromatic rings. The summed E-state index contributed by atoms with van der Waals surface area (Å²) in [6.07, 6.45) is 2.96. The van der Waals surface area contributed by atoms with Gasteiger partial charge in [-0.1, -0.05) is 49.4 Å². The summed E-state index contributed by atoms with van der Waals surface area (Å²) in [6, 6.07) is 14.3. The van der Waals surface area contributed by atoms with Crippen LogP contribution in [-0.4, -0.2) is 47.8 Å². The second kappa shape index (κ2) is 8.76. The number of benzene rings is 2. The van der Waals surface area contributed by atoms with Crippen LogP contribution in [0.25, 0.3) is 11.1 Å². The lowest BCUT2D eigenvalue weighted by atomic mass is 9.83. The summed E-state index contributed by atoms with van der Waals surface area (Å²) in [5, 5.41) is 0. The molecule has 0 spiro atoms. The molecule has 1 aliphatic heterocycles. The monoisotopic (exact) mass is 396 g/mol. The summed E-state index contributed by atoms with van der Waals surface area (Å²) in [6.45, 7) is 2.55. The highest BCUT2D eigenvalue weighted by Crippen LogP contribution is 2.38. The number of amides is 2.